The normalized spacial score (nSPS) is 14.5. The average Bonchev–Trinajstić information content (AvgIpc) is 2.12. The fourth-order valence-corrected chi connectivity index (χ4v) is 12.7. The SMILES string of the molecule is CCC(C)CCCCCCCCC(=O)OC[C@H](COP(=O)(O)OC[C@H](O)COP(=O)(O)OC[C@@H](COC(=O)CCCCCCCCCC(C)C)OC(=O)CCCCCCCCCCCCCCCC(C)C)OC(=O)CCCCCCCCCCCCCCCCC(C)C. The van der Waals surface area contributed by atoms with E-state index < -0.39 is 97.5 Å². The van der Waals surface area contributed by atoms with Crippen LogP contribution in [0.2, 0.25) is 0 Å². The van der Waals surface area contributed by atoms with Gasteiger partial charge in [0.05, 0.1) is 26.4 Å². The van der Waals surface area contributed by atoms with E-state index in [2.05, 4.69) is 55.4 Å². The summed E-state index contributed by atoms with van der Waals surface area (Å²) in [5, 5.41) is 10.6. The van der Waals surface area contributed by atoms with Crippen molar-refractivity contribution in [1.29, 1.82) is 0 Å². The zero-order chi connectivity index (χ0) is 68.9. The van der Waals surface area contributed by atoms with Crippen LogP contribution >= 0.6 is 15.6 Å². The predicted octanol–water partition coefficient (Wildman–Crippen LogP) is 21.3. The molecule has 0 aromatic carbocycles. The molecule has 0 saturated heterocycles. The van der Waals surface area contributed by atoms with Crippen LogP contribution in [0.3, 0.4) is 0 Å². The van der Waals surface area contributed by atoms with Gasteiger partial charge in [-0.15, -0.1) is 0 Å². The van der Waals surface area contributed by atoms with E-state index >= 15 is 0 Å². The van der Waals surface area contributed by atoms with Crippen LogP contribution in [0.15, 0.2) is 0 Å². The highest BCUT2D eigenvalue weighted by Gasteiger charge is 2.30. The number of aliphatic hydroxyl groups excluding tert-OH is 1. The molecule has 0 aliphatic heterocycles. The summed E-state index contributed by atoms with van der Waals surface area (Å²) in [6.45, 7) is 14.1. The van der Waals surface area contributed by atoms with Gasteiger partial charge >= 0.3 is 39.5 Å². The van der Waals surface area contributed by atoms with Crippen molar-refractivity contribution in [2.45, 2.75) is 388 Å². The minimum atomic E-state index is -4.95. The number of aliphatic hydroxyl groups is 1. The van der Waals surface area contributed by atoms with E-state index in [0.29, 0.717) is 31.6 Å². The first kappa shape index (κ1) is 91.1. The molecular weight excluding hydrogens is 1220 g/mol. The van der Waals surface area contributed by atoms with Gasteiger partial charge < -0.3 is 33.8 Å². The molecule has 0 saturated carbocycles. The molecule has 19 heteroatoms. The standard InChI is InChI=1S/C74H144O17P2/c1-9-67(8)53-45-37-32-33-39-47-55-72(77)85-61-70(91-74(79)56-48-40-29-23-19-15-11-10-13-17-21-26-34-42-50-64(2)3)63-89-93(82,83)87-59-68(75)58-86-92(80,81)88-62-69(60-84-71(76)54-46-38-31-25-28-36-44-52-66(6)7)90-73(78)57-49-41-30-24-20-16-12-14-18-22-27-35-43-51-65(4)5/h64-70,75H,9-63H2,1-8H3,(H,80,81)(H,82,83)/t67?,68-,69-,70-/m1/s1. The van der Waals surface area contributed by atoms with E-state index in [0.717, 1.165) is 120 Å². The smallest absolute Gasteiger partial charge is 0.462 e. The number of carbonyl (C=O) groups is 4. The third-order valence-electron chi connectivity index (χ3n) is 17.4. The van der Waals surface area contributed by atoms with E-state index in [1.807, 2.05) is 0 Å². The lowest BCUT2D eigenvalue weighted by molar-refractivity contribution is -0.161. The Hall–Kier alpha value is -1.94. The molecule has 0 fully saturated rings. The highest BCUT2D eigenvalue weighted by atomic mass is 31.2. The number of esters is 4. The van der Waals surface area contributed by atoms with Gasteiger partial charge in [-0.05, 0) is 49.4 Å². The summed E-state index contributed by atoms with van der Waals surface area (Å²) in [5.41, 5.74) is 0. The van der Waals surface area contributed by atoms with Gasteiger partial charge in [0.2, 0.25) is 0 Å². The fraction of sp³-hybridized carbons (Fsp3) is 0.946. The van der Waals surface area contributed by atoms with Gasteiger partial charge in [-0.1, -0.05) is 319 Å². The molecule has 0 amide bonds. The van der Waals surface area contributed by atoms with Crippen molar-refractivity contribution in [3.63, 3.8) is 0 Å². The molecule has 0 heterocycles. The molecule has 17 nitrogen and oxygen atoms in total. The van der Waals surface area contributed by atoms with Crippen LogP contribution in [-0.2, 0) is 65.4 Å². The summed E-state index contributed by atoms with van der Waals surface area (Å²) < 4.78 is 68.4. The van der Waals surface area contributed by atoms with Crippen LogP contribution in [-0.4, -0.2) is 96.7 Å². The summed E-state index contributed by atoms with van der Waals surface area (Å²) in [5.74, 6) is 0.892. The second kappa shape index (κ2) is 63.5. The predicted molar refractivity (Wildman–Crippen MR) is 377 cm³/mol. The van der Waals surface area contributed by atoms with Gasteiger partial charge in [-0.2, -0.15) is 0 Å². The molecule has 6 atom stereocenters. The molecule has 3 N–H and O–H groups in total. The Morgan fingerprint density at radius 2 is 0.516 bits per heavy atom. The van der Waals surface area contributed by atoms with Gasteiger partial charge in [0.15, 0.2) is 12.2 Å². The number of hydrogen-bond donors (Lipinski definition) is 3. The molecule has 3 unspecified atom stereocenters. The van der Waals surface area contributed by atoms with Crippen LogP contribution in [0.1, 0.15) is 370 Å². The Morgan fingerprint density at radius 3 is 0.763 bits per heavy atom. The van der Waals surface area contributed by atoms with Gasteiger partial charge in [0, 0.05) is 25.7 Å². The molecule has 0 spiro atoms. The second-order valence-corrected chi connectivity index (χ2v) is 31.3. The molecule has 0 aliphatic rings. The third kappa shape index (κ3) is 67.0. The fourth-order valence-electron chi connectivity index (χ4n) is 11.2. The summed E-state index contributed by atoms with van der Waals surface area (Å²) in [4.78, 5) is 72.7. The Morgan fingerprint density at radius 1 is 0.301 bits per heavy atom. The van der Waals surface area contributed by atoms with Gasteiger partial charge in [0.25, 0.3) is 0 Å². The van der Waals surface area contributed by atoms with Crippen molar-refractivity contribution in [2.24, 2.45) is 23.7 Å². The molecule has 552 valence electrons. The summed E-state index contributed by atoms with van der Waals surface area (Å²) in [6, 6.07) is 0. The summed E-state index contributed by atoms with van der Waals surface area (Å²) in [6.07, 6.45) is 47.3. The van der Waals surface area contributed by atoms with Crippen LogP contribution < -0.4 is 0 Å². The second-order valence-electron chi connectivity index (χ2n) is 28.4. The molecule has 0 aromatic heterocycles. The topological polar surface area (TPSA) is 237 Å². The zero-order valence-corrected chi connectivity index (χ0v) is 62.7. The van der Waals surface area contributed by atoms with Gasteiger partial charge in [-0.3, -0.25) is 37.3 Å². The number of ether oxygens (including phenoxy) is 4. The minimum absolute atomic E-state index is 0.106. The van der Waals surface area contributed by atoms with Crippen molar-refractivity contribution >= 4 is 39.5 Å². The van der Waals surface area contributed by atoms with Gasteiger partial charge in [0.1, 0.15) is 19.3 Å². The molecule has 0 aromatic rings. The number of hydrogen-bond acceptors (Lipinski definition) is 15. The van der Waals surface area contributed by atoms with E-state index in [4.69, 9.17) is 37.0 Å². The lowest BCUT2D eigenvalue weighted by atomic mass is 10.00. The monoisotopic (exact) mass is 1370 g/mol. The van der Waals surface area contributed by atoms with E-state index in [-0.39, 0.29) is 25.7 Å². The van der Waals surface area contributed by atoms with Crippen LogP contribution in [0, 0.1) is 23.7 Å². The number of unbranched alkanes of at least 4 members (excludes halogenated alkanes) is 36. The maximum Gasteiger partial charge on any atom is 0.472 e. The quantitative estimate of drug-likeness (QED) is 0.0222. The van der Waals surface area contributed by atoms with Crippen LogP contribution in [0.5, 0.6) is 0 Å². The first-order valence-corrected chi connectivity index (χ1v) is 41.2. The van der Waals surface area contributed by atoms with Crippen molar-refractivity contribution in [2.75, 3.05) is 39.6 Å². The lowest BCUT2D eigenvalue weighted by Gasteiger charge is -2.21. The van der Waals surface area contributed by atoms with E-state index in [1.54, 1.807) is 0 Å². The highest BCUT2D eigenvalue weighted by Crippen LogP contribution is 2.45. The number of carbonyl (C=O) groups excluding carboxylic acids is 4. The third-order valence-corrected chi connectivity index (χ3v) is 19.3. The zero-order valence-electron chi connectivity index (χ0n) is 60.9. The Bertz CT molecular complexity index is 1840. The highest BCUT2D eigenvalue weighted by molar-refractivity contribution is 7.47. The number of phosphoric acid groups is 2. The number of rotatable bonds is 71. The molecule has 0 rings (SSSR count). The number of phosphoric ester groups is 2. The summed E-state index contributed by atoms with van der Waals surface area (Å²) >= 11 is 0. The maximum absolute atomic E-state index is 13.0. The molecule has 0 aliphatic carbocycles. The first-order valence-electron chi connectivity index (χ1n) is 38.2. The van der Waals surface area contributed by atoms with E-state index in [9.17, 15) is 43.2 Å². The van der Waals surface area contributed by atoms with Crippen LogP contribution in [0.25, 0.3) is 0 Å². The minimum Gasteiger partial charge on any atom is -0.462 e. The van der Waals surface area contributed by atoms with Gasteiger partial charge in [-0.25, -0.2) is 9.13 Å². The largest absolute Gasteiger partial charge is 0.472 e. The maximum atomic E-state index is 13.0. The summed E-state index contributed by atoms with van der Waals surface area (Å²) in [7, 11) is -9.91. The van der Waals surface area contributed by atoms with E-state index in [1.165, 1.54) is 161 Å². The molecule has 0 radical (unpaired) electrons. The molecule has 0 bridgehead atoms. The van der Waals surface area contributed by atoms with Crippen molar-refractivity contribution < 1.29 is 80.2 Å². The lowest BCUT2D eigenvalue weighted by Crippen LogP contribution is -2.30. The molecular formula is C74H144O17P2. The molecule has 93 heavy (non-hydrogen) atoms. The van der Waals surface area contributed by atoms with Crippen molar-refractivity contribution in [3.05, 3.63) is 0 Å². The average molecular weight is 1370 g/mol. The Kier molecular flexibility index (Phi) is 62.2. The van der Waals surface area contributed by atoms with Crippen LogP contribution in [0.4, 0.5) is 0 Å². The first-order chi connectivity index (χ1) is 44.6. The van der Waals surface area contributed by atoms with Crippen molar-refractivity contribution in [1.82, 2.24) is 0 Å². The Labute approximate surface area is 568 Å². The van der Waals surface area contributed by atoms with Crippen molar-refractivity contribution in [3.8, 4) is 0 Å². The Balaban J connectivity index is 5.23.